The van der Waals surface area contributed by atoms with Gasteiger partial charge in [-0.25, -0.2) is 18.5 Å². The van der Waals surface area contributed by atoms with Crippen LogP contribution in [-0.4, -0.2) is 80.5 Å². The molecule has 320 valence electrons. The number of halogens is 1. The molecule has 0 amide bonds. The van der Waals surface area contributed by atoms with Crippen LogP contribution in [0.15, 0.2) is 36.7 Å². The van der Waals surface area contributed by atoms with Crippen molar-refractivity contribution in [3.05, 3.63) is 53.7 Å². The number of phosphoric ester groups is 1. The molecule has 6 atom stereocenters. The van der Waals surface area contributed by atoms with E-state index in [9.17, 15) is 34.6 Å². The van der Waals surface area contributed by atoms with Crippen LogP contribution in [0.25, 0.3) is 5.52 Å². The fourth-order valence-electron chi connectivity index (χ4n) is 6.96. The molecule has 1 fully saturated rings. The number of nitriles is 2. The Bertz CT molecular complexity index is 1820. The predicted octanol–water partition coefficient (Wildman–Crippen LogP) is 7.48. The lowest BCUT2D eigenvalue weighted by Gasteiger charge is -2.26. The summed E-state index contributed by atoms with van der Waals surface area (Å²) in [5.41, 5.74) is 4.35. The van der Waals surface area contributed by atoms with Crippen LogP contribution >= 0.6 is 7.82 Å². The third-order valence-electron chi connectivity index (χ3n) is 10.3. The van der Waals surface area contributed by atoms with Crippen molar-refractivity contribution in [3.63, 3.8) is 0 Å². The third kappa shape index (κ3) is 14.5. The SMILES string of the molecule is CCCCCCCCCCCCCCCCCCOCC(COc1cc(F)cc(C#N)c1)COP(=O)(O)OC[C@@]1(C#N)O[C@@H](c2ccc3c(N)ncnn23)[C@H](O)[C@@H]1O. The molecule has 58 heavy (non-hydrogen) atoms. The minimum Gasteiger partial charge on any atom is -0.493 e. The maximum Gasteiger partial charge on any atom is 0.472 e. The smallest absolute Gasteiger partial charge is 0.472 e. The minimum absolute atomic E-state index is 0.0634. The highest BCUT2D eigenvalue weighted by Crippen LogP contribution is 2.48. The number of nitrogens with zero attached hydrogens (tertiary/aromatic N) is 5. The minimum atomic E-state index is -4.90. The van der Waals surface area contributed by atoms with E-state index in [1.807, 2.05) is 6.07 Å². The molecule has 0 bridgehead atoms. The number of rotatable bonds is 29. The van der Waals surface area contributed by atoms with Gasteiger partial charge < -0.3 is 35.1 Å². The number of aliphatic hydroxyl groups is 2. The van der Waals surface area contributed by atoms with Gasteiger partial charge in [-0.15, -0.1) is 0 Å². The van der Waals surface area contributed by atoms with E-state index >= 15 is 0 Å². The van der Waals surface area contributed by atoms with E-state index < -0.39 is 56.7 Å². The molecule has 3 heterocycles. The molecule has 0 aliphatic carbocycles. The number of phosphoric acid groups is 1. The van der Waals surface area contributed by atoms with Gasteiger partial charge in [0, 0.05) is 18.6 Å². The van der Waals surface area contributed by atoms with E-state index in [-0.39, 0.29) is 36.0 Å². The molecule has 2 unspecified atom stereocenters. The van der Waals surface area contributed by atoms with Gasteiger partial charge in [-0.3, -0.25) is 9.05 Å². The number of anilines is 1. The van der Waals surface area contributed by atoms with Crippen LogP contribution in [-0.2, 0) is 23.1 Å². The van der Waals surface area contributed by atoms with E-state index in [0.29, 0.717) is 12.1 Å². The molecule has 0 spiro atoms. The predicted molar refractivity (Wildman–Crippen MR) is 214 cm³/mol. The monoisotopic (exact) mass is 830 g/mol. The highest BCUT2D eigenvalue weighted by atomic mass is 31.2. The summed E-state index contributed by atoms with van der Waals surface area (Å²) >= 11 is 0. The second-order valence-corrected chi connectivity index (χ2v) is 16.5. The molecule has 2 aromatic heterocycles. The highest BCUT2D eigenvalue weighted by Gasteiger charge is 2.57. The fourth-order valence-corrected chi connectivity index (χ4v) is 7.79. The molecule has 1 aliphatic rings. The molecule has 4 rings (SSSR count). The van der Waals surface area contributed by atoms with Gasteiger partial charge in [-0.1, -0.05) is 103 Å². The van der Waals surface area contributed by atoms with E-state index in [1.165, 1.54) is 106 Å². The first kappa shape index (κ1) is 47.0. The molecule has 0 saturated carbocycles. The zero-order chi connectivity index (χ0) is 41.8. The summed E-state index contributed by atoms with van der Waals surface area (Å²) < 4.78 is 56.3. The second kappa shape index (κ2) is 24.4. The maximum absolute atomic E-state index is 14.0. The number of benzene rings is 1. The van der Waals surface area contributed by atoms with Gasteiger partial charge in [-0.2, -0.15) is 15.6 Å². The summed E-state index contributed by atoms with van der Waals surface area (Å²) in [4.78, 5) is 14.5. The zero-order valence-corrected chi connectivity index (χ0v) is 34.4. The summed E-state index contributed by atoms with van der Waals surface area (Å²) in [5.74, 6) is -1.06. The molecule has 3 aromatic rings. The van der Waals surface area contributed by atoms with E-state index in [0.717, 1.165) is 31.4 Å². The highest BCUT2D eigenvalue weighted by molar-refractivity contribution is 7.47. The molecule has 5 N–H and O–H groups in total. The molecule has 1 aliphatic heterocycles. The van der Waals surface area contributed by atoms with Crippen molar-refractivity contribution < 1.29 is 47.3 Å². The third-order valence-corrected chi connectivity index (χ3v) is 11.3. The standard InChI is InChI=1S/C41H60FN6O9P/c1-2-3-4-5-6-7-8-9-10-11-12-13-14-15-16-17-20-53-25-32(26-54-34-22-31(24-43)21-33(42)23-34)27-55-58(51,52)56-29-41(28-44)39(50)37(49)38(57-41)35-18-19-36-40(45)46-30-47-48(35)36/h18-19,21-23,30,32,37-39,49-50H,2-17,20,25-27,29H2,1H3,(H,51,52)(H2,45,46,47)/t32?,37-,38-,39-,41+/m0/s1. The number of aromatic nitrogens is 3. The molecule has 15 nitrogen and oxygen atoms in total. The van der Waals surface area contributed by atoms with Gasteiger partial charge in [0.2, 0.25) is 5.60 Å². The van der Waals surface area contributed by atoms with Crippen molar-refractivity contribution in [2.24, 2.45) is 5.92 Å². The van der Waals surface area contributed by atoms with Crippen LogP contribution in [0.3, 0.4) is 0 Å². The van der Waals surface area contributed by atoms with Crippen molar-refractivity contribution in [2.45, 2.75) is 134 Å². The molecule has 1 aromatic carbocycles. The van der Waals surface area contributed by atoms with Crippen LogP contribution in [0.4, 0.5) is 10.2 Å². The Hall–Kier alpha value is -3.70. The Labute approximate surface area is 340 Å². The quantitative estimate of drug-likeness (QED) is 0.0393. The van der Waals surface area contributed by atoms with Gasteiger partial charge in [0.1, 0.15) is 54.4 Å². The average molecular weight is 831 g/mol. The van der Waals surface area contributed by atoms with Crippen molar-refractivity contribution in [1.82, 2.24) is 14.6 Å². The Morgan fingerprint density at radius 3 is 2.19 bits per heavy atom. The number of nitrogen functional groups attached to an aromatic ring is 1. The first-order chi connectivity index (χ1) is 28.0. The summed E-state index contributed by atoms with van der Waals surface area (Å²) in [6.07, 6.45) is 16.4. The van der Waals surface area contributed by atoms with Gasteiger partial charge in [-0.05, 0) is 30.7 Å². The van der Waals surface area contributed by atoms with Crippen molar-refractivity contribution in [1.29, 1.82) is 10.5 Å². The van der Waals surface area contributed by atoms with Crippen LogP contribution in [0.1, 0.15) is 127 Å². The van der Waals surface area contributed by atoms with Gasteiger partial charge in [0.15, 0.2) is 5.82 Å². The van der Waals surface area contributed by atoms with E-state index in [4.69, 9.17) is 29.0 Å². The lowest BCUT2D eigenvalue weighted by Crippen LogP contribution is -2.45. The van der Waals surface area contributed by atoms with Crippen molar-refractivity contribution in [3.8, 4) is 17.9 Å². The lowest BCUT2D eigenvalue weighted by molar-refractivity contribution is -0.0750. The second-order valence-electron chi connectivity index (χ2n) is 15.1. The lowest BCUT2D eigenvalue weighted by atomic mass is 9.96. The van der Waals surface area contributed by atoms with Crippen molar-refractivity contribution in [2.75, 3.05) is 38.8 Å². The number of aliphatic hydroxyl groups excluding tert-OH is 2. The molecular formula is C41H60FN6O9P. The number of ether oxygens (including phenoxy) is 3. The van der Waals surface area contributed by atoms with Gasteiger partial charge >= 0.3 is 7.82 Å². The summed E-state index contributed by atoms with van der Waals surface area (Å²) in [7, 11) is -4.90. The fraction of sp³-hybridized carbons (Fsp3) is 0.659. The molecule has 17 heteroatoms. The largest absolute Gasteiger partial charge is 0.493 e. The van der Waals surface area contributed by atoms with Crippen LogP contribution in [0, 0.1) is 34.4 Å². The Morgan fingerprint density at radius 2 is 1.57 bits per heavy atom. The Kier molecular flexibility index (Phi) is 19.8. The molecule has 0 radical (unpaired) electrons. The number of hydrogen-bond acceptors (Lipinski definition) is 13. The average Bonchev–Trinajstić information content (AvgIpc) is 3.76. The van der Waals surface area contributed by atoms with Crippen LogP contribution < -0.4 is 10.5 Å². The molecular weight excluding hydrogens is 770 g/mol. The molecule has 1 saturated heterocycles. The first-order valence-electron chi connectivity index (χ1n) is 20.6. The Morgan fingerprint density at radius 1 is 0.931 bits per heavy atom. The topological polar surface area (TPSA) is 228 Å². The summed E-state index contributed by atoms with van der Waals surface area (Å²) in [6, 6.07) is 10.3. The number of unbranched alkanes of at least 4 members (excludes halogenated alkanes) is 15. The van der Waals surface area contributed by atoms with E-state index in [1.54, 1.807) is 12.1 Å². The number of fused-ring (bicyclic) bond motifs is 1. The summed E-state index contributed by atoms with van der Waals surface area (Å²) in [6.45, 7) is 1.29. The van der Waals surface area contributed by atoms with Crippen LogP contribution in [0.5, 0.6) is 5.75 Å². The van der Waals surface area contributed by atoms with Gasteiger partial charge in [0.05, 0.1) is 37.1 Å². The maximum atomic E-state index is 14.0. The number of hydrogen-bond donors (Lipinski definition) is 4. The van der Waals surface area contributed by atoms with Crippen molar-refractivity contribution >= 4 is 19.2 Å². The normalized spacial score (nSPS) is 20.8. The van der Waals surface area contributed by atoms with Crippen LogP contribution in [0.2, 0.25) is 0 Å². The summed E-state index contributed by atoms with van der Waals surface area (Å²) in [5, 5.41) is 45.1. The zero-order valence-electron chi connectivity index (χ0n) is 33.6. The van der Waals surface area contributed by atoms with Gasteiger partial charge in [0.25, 0.3) is 0 Å². The first-order valence-corrected chi connectivity index (χ1v) is 22.1. The Balaban J connectivity index is 1.21. The van der Waals surface area contributed by atoms with E-state index in [2.05, 4.69) is 17.0 Å². The number of nitrogens with two attached hydrogens (primary N) is 1.